The number of allylic oxidation sites excluding steroid dienone is 4. The minimum Gasteiger partial charge on any atom is -0.565 e. The molecule has 0 aliphatic heterocycles. The molecule has 582 valence electrons. The van der Waals surface area contributed by atoms with Crippen molar-refractivity contribution in [1.29, 1.82) is 0 Å². The number of hydrogen-bond acceptors (Lipinski definition) is 11. The molecule has 0 saturated heterocycles. The van der Waals surface area contributed by atoms with Crippen LogP contribution in [-0.4, -0.2) is 61.1 Å². The SMILES string of the molecule is C1=CCC(P(c2ccccc2)c2ccccc2)C=C1.Cc1ccc(B(O)O)cn1.O=C([O-])O.[C-]#[N+]Cc1nc(-c2ccc(OC)nc2)cs1.[C-]#[N+]Cc1nc(Br)cs1.[Na+].[Na+].[Pd].c1ccc(P(c2ccccc2)c2ccccc2)cc1.c1ccc(P(c2ccccc2)c2ccccc2)cc1.c1ccc(P(c2ccccc2)c2ccccc2)cc1. The van der Waals surface area contributed by atoms with E-state index in [0.717, 1.165) is 38.0 Å². The summed E-state index contributed by atoms with van der Waals surface area (Å²) in [5.74, 6) is 0.584. The van der Waals surface area contributed by atoms with Crippen LogP contribution in [0.5, 0.6) is 5.88 Å². The van der Waals surface area contributed by atoms with E-state index in [9.17, 15) is 0 Å². The molecule has 15 aromatic rings. The number of ether oxygens (including phenoxy) is 1. The molecule has 1 aliphatic carbocycles. The third-order valence-corrected chi connectivity index (χ3v) is 28.9. The van der Waals surface area contributed by atoms with Crippen LogP contribution in [0.15, 0.2) is 410 Å². The Balaban J connectivity index is 0.000000214. The van der Waals surface area contributed by atoms with E-state index in [1.165, 1.54) is 87.2 Å². The smallest absolute Gasteiger partial charge is 0.565 e. The van der Waals surface area contributed by atoms with Gasteiger partial charge in [-0.3, -0.25) is 4.98 Å². The molecule has 12 nitrogen and oxygen atoms in total. The minimum absolute atomic E-state index is 0. The molecule has 23 heteroatoms. The fraction of sp³-hybridized carbons (Fsp3) is 0.0632. The van der Waals surface area contributed by atoms with Crippen molar-refractivity contribution in [2.45, 2.75) is 32.1 Å². The molecule has 0 spiro atoms. The van der Waals surface area contributed by atoms with Gasteiger partial charge in [0.05, 0.1) is 12.8 Å². The Kier molecular flexibility index (Phi) is 47.2. The Morgan fingerprint density at radius 3 is 1.03 bits per heavy atom. The molecule has 1 aliphatic rings. The maximum Gasteiger partial charge on any atom is 1.00 e. The Morgan fingerprint density at radius 1 is 0.466 bits per heavy atom. The summed E-state index contributed by atoms with van der Waals surface area (Å²) >= 11 is 6.20. The van der Waals surface area contributed by atoms with Gasteiger partial charge in [0.25, 0.3) is 13.1 Å². The number of aryl methyl sites for hydroxylation is 1. The van der Waals surface area contributed by atoms with Gasteiger partial charge in [-0.05, 0) is 131 Å². The zero-order valence-electron chi connectivity index (χ0n) is 65.5. The monoisotopic (exact) mass is 1830 g/mol. The topological polar surface area (TPSA) is 170 Å². The number of carbonyl (C=O) groups is 1. The summed E-state index contributed by atoms with van der Waals surface area (Å²) in [5, 5.41) is 53.6. The minimum atomic E-state index is -2.08. The van der Waals surface area contributed by atoms with Gasteiger partial charge in [0, 0.05) is 72.0 Å². The second-order valence-corrected chi connectivity index (χ2v) is 36.3. The Labute approximate surface area is 773 Å². The van der Waals surface area contributed by atoms with Gasteiger partial charge in [0.1, 0.15) is 4.60 Å². The summed E-state index contributed by atoms with van der Waals surface area (Å²) in [6.45, 7) is 15.9. The largest absolute Gasteiger partial charge is 1.00 e. The number of methoxy groups -OCH3 is 1. The van der Waals surface area contributed by atoms with Crippen molar-refractivity contribution in [3.05, 3.63) is 449 Å². The predicted octanol–water partition coefficient (Wildman–Crippen LogP) is 11.3. The molecule has 0 bridgehead atoms. The summed E-state index contributed by atoms with van der Waals surface area (Å²) in [4.78, 5) is 31.3. The van der Waals surface area contributed by atoms with Gasteiger partial charge in [-0.25, -0.2) is 28.1 Å². The molecular formula is C95H83BBrN6Na2O6P4PdS2+. The van der Waals surface area contributed by atoms with Crippen LogP contribution in [0.4, 0.5) is 4.79 Å². The average molecular weight is 1840 g/mol. The maximum absolute atomic E-state index is 8.63. The molecule has 118 heavy (non-hydrogen) atoms. The van der Waals surface area contributed by atoms with E-state index in [-0.39, 0.29) is 87.5 Å². The van der Waals surface area contributed by atoms with E-state index >= 15 is 0 Å². The Bertz CT molecular complexity index is 4770. The van der Waals surface area contributed by atoms with Gasteiger partial charge in [0.2, 0.25) is 12.0 Å². The van der Waals surface area contributed by atoms with Crippen molar-refractivity contribution in [2.24, 2.45) is 0 Å². The van der Waals surface area contributed by atoms with E-state index < -0.39 is 37.0 Å². The van der Waals surface area contributed by atoms with E-state index in [1.54, 1.807) is 31.5 Å². The second-order valence-electron chi connectivity index (χ2n) is 24.5. The van der Waals surface area contributed by atoms with Gasteiger partial charge in [-0.2, -0.15) is 0 Å². The van der Waals surface area contributed by atoms with Crippen LogP contribution in [-0.2, 0) is 33.5 Å². The fourth-order valence-electron chi connectivity index (χ4n) is 11.3. The first-order valence-electron chi connectivity index (χ1n) is 36.4. The average Bonchev–Trinajstić information content (AvgIpc) is 1.06. The van der Waals surface area contributed by atoms with Crippen molar-refractivity contribution < 1.29 is 109 Å². The van der Waals surface area contributed by atoms with Crippen LogP contribution in [0, 0.1) is 20.1 Å². The molecule has 16 rings (SSSR count). The Hall–Kier alpha value is -8.64. The summed E-state index contributed by atoms with van der Waals surface area (Å²) in [6.07, 6.45) is 11.2. The first-order chi connectivity index (χ1) is 56.4. The standard InChI is InChI=1S/C18H17P.3C18H15P.C11H9N3OS.C6H8BNO2.C5H3BrN2S.CH2O3.2Na.Pd/c4*1-4-10-16(11-5-1)19(17-12-6-2-7-13-17)18-14-8-3-9-15-18;1-12-6-11-14-9(7-16-11)8-3-4-10(15-2)13-5-8;1-5-2-3-6(4-8-5)7(9)10;1-7-2-5-8-4(6)3-9-5;2-1(3)4;;;/h1-14,18H,15H2;3*1-15H;3-5,7H,6H2,2H3;2-4,9-10H,1H3;3H,2H2;(H2,2,3,4);;;/q;;;;;;;;2*+1;/p-1. The number of thiazole rings is 2. The first-order valence-corrected chi connectivity index (χ1v) is 44.4. The maximum atomic E-state index is 8.63. The Morgan fingerprint density at radius 2 is 0.780 bits per heavy atom. The third kappa shape index (κ3) is 33.9. The van der Waals surface area contributed by atoms with E-state index in [2.05, 4.69) is 404 Å². The van der Waals surface area contributed by atoms with Gasteiger partial charge >= 0.3 is 66.2 Å². The summed E-state index contributed by atoms with van der Waals surface area (Å²) in [6, 6.07) is 126. The normalized spacial score (nSPS) is 11.0. The van der Waals surface area contributed by atoms with Gasteiger partial charge in [0.15, 0.2) is 10.0 Å². The zero-order valence-corrected chi connectivity index (χ0v) is 77.9. The molecule has 0 saturated carbocycles. The van der Waals surface area contributed by atoms with Crippen molar-refractivity contribution in [2.75, 3.05) is 7.11 Å². The molecule has 0 radical (unpaired) electrons. The van der Waals surface area contributed by atoms with Crippen LogP contribution in [0.1, 0.15) is 22.1 Å². The van der Waals surface area contributed by atoms with Gasteiger partial charge in [-0.1, -0.05) is 364 Å². The number of halogens is 1. The number of benzene rings is 11. The van der Waals surface area contributed by atoms with Crippen molar-refractivity contribution >= 4 is 147 Å². The number of hydrogen-bond donors (Lipinski definition) is 3. The molecule has 3 N–H and O–H groups in total. The van der Waals surface area contributed by atoms with Crippen LogP contribution in [0.2, 0.25) is 0 Å². The van der Waals surface area contributed by atoms with Crippen LogP contribution >= 0.6 is 70.3 Å². The predicted molar refractivity (Wildman–Crippen MR) is 490 cm³/mol. The summed E-state index contributed by atoms with van der Waals surface area (Å²) in [5.41, 5.74) is 3.70. The van der Waals surface area contributed by atoms with Crippen LogP contribution < -0.4 is 133 Å². The summed E-state index contributed by atoms with van der Waals surface area (Å²) in [7, 11) is -1.47. The second kappa shape index (κ2) is 56.7. The summed E-state index contributed by atoms with van der Waals surface area (Å²) < 4.78 is 5.81. The molecule has 0 amide bonds. The van der Waals surface area contributed by atoms with Gasteiger partial charge < -0.3 is 39.5 Å². The first kappa shape index (κ1) is 98.2. The third-order valence-electron chi connectivity index (χ3n) is 16.5. The number of carboxylic acid groups (broad SMARTS) is 2. The van der Waals surface area contributed by atoms with Crippen molar-refractivity contribution in [3.8, 4) is 17.1 Å². The molecule has 4 heterocycles. The van der Waals surface area contributed by atoms with E-state index in [0.29, 0.717) is 30.1 Å². The van der Waals surface area contributed by atoms with Gasteiger partial charge in [-0.15, -0.1) is 22.7 Å². The fourth-order valence-corrected chi connectivity index (χ4v) is 22.8. The quantitative estimate of drug-likeness (QED) is 0.0453. The van der Waals surface area contributed by atoms with Crippen LogP contribution in [0.25, 0.3) is 20.9 Å². The molecule has 0 fully saturated rings. The van der Waals surface area contributed by atoms with Crippen molar-refractivity contribution in [1.82, 2.24) is 19.9 Å². The van der Waals surface area contributed by atoms with Crippen LogP contribution in [0.3, 0.4) is 0 Å². The number of pyridine rings is 2. The molecule has 1 unspecified atom stereocenters. The molecule has 4 aromatic heterocycles. The molecule has 1 atom stereocenters. The number of rotatable bonds is 17. The zero-order chi connectivity index (χ0) is 80.9. The molecule has 11 aromatic carbocycles. The van der Waals surface area contributed by atoms with E-state index in [1.807, 2.05) is 23.8 Å². The number of nitrogens with zero attached hydrogens (tertiary/aromatic N) is 6. The number of aromatic nitrogens is 4. The van der Waals surface area contributed by atoms with E-state index in [4.69, 9.17) is 42.9 Å². The molecular weight excluding hydrogens is 1750 g/mol. The van der Waals surface area contributed by atoms with Crippen molar-refractivity contribution in [3.63, 3.8) is 0 Å².